The van der Waals surface area contributed by atoms with Gasteiger partial charge in [0, 0.05) is 6.42 Å². The van der Waals surface area contributed by atoms with Crippen molar-refractivity contribution in [1.29, 1.82) is 0 Å². The monoisotopic (exact) mass is 690 g/mol. The van der Waals surface area contributed by atoms with Crippen molar-refractivity contribution in [2.45, 2.75) is 136 Å². The van der Waals surface area contributed by atoms with E-state index in [2.05, 4.69) is 129 Å². The van der Waals surface area contributed by atoms with Crippen LogP contribution in [0, 0.1) is 0 Å². The second-order valence-corrected chi connectivity index (χ2v) is 12.0. The highest BCUT2D eigenvalue weighted by molar-refractivity contribution is 5.75. The maximum Gasteiger partial charge on any atom is 0.322 e. The molecule has 0 radical (unpaired) electrons. The normalized spacial score (nSPS) is 14.7. The summed E-state index contributed by atoms with van der Waals surface area (Å²) < 4.78 is 4.75. The molecule has 6 heteroatoms. The second-order valence-electron chi connectivity index (χ2n) is 12.0. The number of unbranched alkanes of at least 4 members (excludes halogenated alkanes) is 1. The van der Waals surface area contributed by atoms with E-state index in [0.717, 1.165) is 83.5 Å². The lowest BCUT2D eigenvalue weighted by atomic mass is 9.95. The van der Waals surface area contributed by atoms with E-state index in [-0.39, 0.29) is 12.4 Å². The van der Waals surface area contributed by atoms with Crippen LogP contribution in [-0.4, -0.2) is 41.5 Å². The maximum absolute atomic E-state index is 11.7. The summed E-state index contributed by atoms with van der Waals surface area (Å²) >= 11 is 0. The van der Waals surface area contributed by atoms with Crippen LogP contribution in [-0.2, 0) is 14.3 Å². The Bertz CT molecular complexity index is 1180. The van der Waals surface area contributed by atoms with Gasteiger partial charge in [-0.2, -0.15) is 0 Å². The van der Waals surface area contributed by atoms with E-state index in [9.17, 15) is 14.7 Å². The van der Waals surface area contributed by atoms with Crippen LogP contribution >= 0.6 is 0 Å². The van der Waals surface area contributed by atoms with Gasteiger partial charge in [-0.3, -0.25) is 14.9 Å². The van der Waals surface area contributed by atoms with Crippen molar-refractivity contribution in [3.05, 3.63) is 121 Å². The van der Waals surface area contributed by atoms with Crippen LogP contribution in [0.4, 0.5) is 0 Å². The molecule has 0 saturated heterocycles. The highest BCUT2D eigenvalue weighted by atomic mass is 16.5. The molecule has 0 aromatic heterocycles. The van der Waals surface area contributed by atoms with Gasteiger partial charge < -0.3 is 14.9 Å². The molecular weight excluding hydrogens is 622 g/mol. The van der Waals surface area contributed by atoms with Crippen LogP contribution in [0.2, 0.25) is 0 Å². The summed E-state index contributed by atoms with van der Waals surface area (Å²) in [6.07, 6.45) is 52.0. The molecular formula is C44H67NO5. The largest absolute Gasteiger partial charge is 0.481 e. The number of carboxylic acid groups (broad SMARTS) is 1. The maximum atomic E-state index is 11.7. The molecule has 6 nitrogen and oxygen atoms in total. The Hall–Kier alpha value is -3.74. The van der Waals surface area contributed by atoms with Gasteiger partial charge in [0.15, 0.2) is 0 Å². The predicted molar refractivity (Wildman–Crippen MR) is 213 cm³/mol. The third-order valence-corrected chi connectivity index (χ3v) is 7.68. The van der Waals surface area contributed by atoms with Crippen LogP contribution in [0.15, 0.2) is 121 Å². The number of nitrogens with one attached hydrogen (secondary N) is 1. The molecule has 0 bridgehead atoms. The smallest absolute Gasteiger partial charge is 0.322 e. The standard InChI is InChI=1S/C44H67NO5/c1-5-7-8-9-10-11-12-15-19-22-25-28-31-35-41(36-33-37-42(46)45-39(3)44(49)50-4)40(6-2)34-30-27-24-21-18-16-13-14-17-20-23-26-29-32-38-43(47)48/h7-8,10-11,14-19,23-28,34-35,39,42,45-46H,5-6,9,12-13,20-22,29-33,36-38H2,1-4H3,(H,47,48)/b8-7-,11-10-,17-14-,18-16-,19-15-,26-23-,27-24-,28-25-,40-34+,41-35+/t39-,42?/m0/s1. The van der Waals surface area contributed by atoms with E-state index in [0.29, 0.717) is 12.8 Å². The molecule has 0 rings (SSSR count). The molecule has 3 N–H and O–H groups in total. The van der Waals surface area contributed by atoms with E-state index in [1.807, 2.05) is 0 Å². The first-order chi connectivity index (χ1) is 24.3. The van der Waals surface area contributed by atoms with Crippen molar-refractivity contribution < 1.29 is 24.5 Å². The van der Waals surface area contributed by atoms with Crippen LogP contribution in [0.1, 0.15) is 124 Å². The number of aliphatic hydroxyl groups is 1. The summed E-state index contributed by atoms with van der Waals surface area (Å²) in [5.74, 6) is -1.12. The Morgan fingerprint density at radius 2 is 1.06 bits per heavy atom. The molecule has 0 aromatic carbocycles. The van der Waals surface area contributed by atoms with Gasteiger partial charge in [0.1, 0.15) is 12.3 Å². The lowest BCUT2D eigenvalue weighted by molar-refractivity contribution is -0.143. The van der Waals surface area contributed by atoms with E-state index < -0.39 is 18.2 Å². The molecule has 1 unspecified atom stereocenters. The highest BCUT2D eigenvalue weighted by Gasteiger charge is 2.16. The highest BCUT2D eigenvalue weighted by Crippen LogP contribution is 2.22. The first-order valence-corrected chi connectivity index (χ1v) is 18.7. The van der Waals surface area contributed by atoms with Gasteiger partial charge >= 0.3 is 11.9 Å². The quantitative estimate of drug-likeness (QED) is 0.0228. The fourth-order valence-electron chi connectivity index (χ4n) is 4.89. The molecule has 50 heavy (non-hydrogen) atoms. The number of carbonyl (C=O) groups is 2. The summed E-state index contributed by atoms with van der Waals surface area (Å²) in [4.78, 5) is 22.2. The number of esters is 1. The molecule has 0 aliphatic rings. The van der Waals surface area contributed by atoms with Crippen LogP contribution in [0.25, 0.3) is 0 Å². The van der Waals surface area contributed by atoms with Gasteiger partial charge in [-0.05, 0) is 114 Å². The Labute approximate surface area is 304 Å². The number of rotatable bonds is 30. The summed E-state index contributed by atoms with van der Waals surface area (Å²) in [6, 6.07) is -0.552. The van der Waals surface area contributed by atoms with Gasteiger partial charge in [0.25, 0.3) is 0 Å². The topological polar surface area (TPSA) is 95.9 Å². The molecule has 0 heterocycles. The summed E-state index contributed by atoms with van der Waals surface area (Å²) in [6.45, 7) is 6.04. The molecule has 0 spiro atoms. The average molecular weight is 690 g/mol. The summed E-state index contributed by atoms with van der Waals surface area (Å²) in [5, 5.41) is 22.0. The molecule has 0 amide bonds. The van der Waals surface area contributed by atoms with Crippen molar-refractivity contribution in [1.82, 2.24) is 5.32 Å². The number of hydrogen-bond acceptors (Lipinski definition) is 5. The zero-order valence-electron chi connectivity index (χ0n) is 31.5. The summed E-state index contributed by atoms with van der Waals surface area (Å²) in [7, 11) is 1.35. The van der Waals surface area contributed by atoms with Crippen molar-refractivity contribution in [3.8, 4) is 0 Å². The zero-order valence-corrected chi connectivity index (χ0v) is 31.5. The van der Waals surface area contributed by atoms with Crippen molar-refractivity contribution in [2.75, 3.05) is 7.11 Å². The molecule has 0 saturated carbocycles. The van der Waals surface area contributed by atoms with E-state index in [1.54, 1.807) is 6.92 Å². The van der Waals surface area contributed by atoms with Crippen molar-refractivity contribution in [2.24, 2.45) is 0 Å². The fourth-order valence-corrected chi connectivity index (χ4v) is 4.89. The van der Waals surface area contributed by atoms with Gasteiger partial charge in [-0.25, -0.2) is 0 Å². The Balaban J connectivity index is 4.95. The molecule has 0 aliphatic carbocycles. The van der Waals surface area contributed by atoms with Crippen molar-refractivity contribution >= 4 is 11.9 Å². The lowest BCUT2D eigenvalue weighted by Gasteiger charge is -2.18. The van der Waals surface area contributed by atoms with E-state index in [1.165, 1.54) is 18.3 Å². The third kappa shape index (κ3) is 30.3. The number of carboxylic acids is 1. The second kappa shape index (κ2) is 35.1. The van der Waals surface area contributed by atoms with Gasteiger partial charge in [-0.1, -0.05) is 123 Å². The Kier molecular flexibility index (Phi) is 32.5. The molecule has 278 valence electrons. The minimum atomic E-state index is -0.765. The van der Waals surface area contributed by atoms with E-state index in [4.69, 9.17) is 9.84 Å². The molecule has 0 aliphatic heterocycles. The predicted octanol–water partition coefficient (Wildman–Crippen LogP) is 11.1. The number of allylic oxidation sites excluding steroid dienone is 20. The van der Waals surface area contributed by atoms with E-state index >= 15 is 0 Å². The zero-order chi connectivity index (χ0) is 36.9. The van der Waals surface area contributed by atoms with Crippen LogP contribution < -0.4 is 5.32 Å². The number of methoxy groups -OCH3 is 1. The van der Waals surface area contributed by atoms with Gasteiger partial charge in [0.05, 0.1) is 7.11 Å². The minimum Gasteiger partial charge on any atom is -0.481 e. The Morgan fingerprint density at radius 3 is 1.50 bits per heavy atom. The minimum absolute atomic E-state index is 0.228. The van der Waals surface area contributed by atoms with Crippen LogP contribution in [0.5, 0.6) is 0 Å². The SMILES string of the molecule is CC/C=C\C/C=C\C/C=C\C/C=C\C/C=C(CCCC(O)N[C@@H](C)C(=O)OC)/C(=C/C/C=C\C/C=C\C/C=C\C/C=C\CCCC(=O)O)CC. The number of ether oxygens (including phenoxy) is 1. The number of hydrogen-bond donors (Lipinski definition) is 3. The fraction of sp³-hybridized carbons (Fsp3) is 0.500. The third-order valence-electron chi connectivity index (χ3n) is 7.68. The number of aliphatic carboxylic acids is 1. The lowest BCUT2D eigenvalue weighted by Crippen LogP contribution is -2.41. The van der Waals surface area contributed by atoms with Crippen LogP contribution in [0.3, 0.4) is 0 Å². The molecule has 2 atom stereocenters. The number of carbonyl (C=O) groups excluding carboxylic acids is 1. The number of aliphatic hydroxyl groups excluding tert-OH is 1. The molecule has 0 aromatic rings. The average Bonchev–Trinajstić information content (AvgIpc) is 3.10. The van der Waals surface area contributed by atoms with Gasteiger partial charge in [0.2, 0.25) is 0 Å². The molecule has 0 fully saturated rings. The summed E-state index contributed by atoms with van der Waals surface area (Å²) in [5.41, 5.74) is 2.66. The van der Waals surface area contributed by atoms with Gasteiger partial charge in [-0.15, -0.1) is 0 Å². The first kappa shape index (κ1) is 46.3. The van der Waals surface area contributed by atoms with Crippen molar-refractivity contribution in [3.63, 3.8) is 0 Å². The Morgan fingerprint density at radius 1 is 0.620 bits per heavy atom. The first-order valence-electron chi connectivity index (χ1n) is 18.7.